The average Bonchev–Trinajstić information content (AvgIpc) is 2.29. The van der Waals surface area contributed by atoms with Crippen molar-refractivity contribution >= 4 is 17.7 Å². The van der Waals surface area contributed by atoms with Crippen LogP contribution >= 0.6 is 0 Å². The Bertz CT molecular complexity index is 377. The van der Waals surface area contributed by atoms with Crippen molar-refractivity contribution in [2.45, 2.75) is 0 Å². The molecular formula is C10H11LiO7. The number of aliphatic carboxylic acids is 1. The van der Waals surface area contributed by atoms with Crippen LogP contribution in [0.1, 0.15) is 10.4 Å². The Morgan fingerprint density at radius 1 is 1.11 bits per heavy atom. The van der Waals surface area contributed by atoms with E-state index in [0.29, 0.717) is 0 Å². The van der Waals surface area contributed by atoms with Gasteiger partial charge in [0.25, 0.3) is 5.78 Å². The Balaban J connectivity index is -0.000000232. The van der Waals surface area contributed by atoms with E-state index in [2.05, 4.69) is 0 Å². The van der Waals surface area contributed by atoms with E-state index in [-0.39, 0.29) is 29.9 Å². The molecule has 7 nitrogen and oxygen atoms in total. The van der Waals surface area contributed by atoms with Crippen molar-refractivity contribution in [3.8, 4) is 0 Å². The summed E-state index contributed by atoms with van der Waals surface area (Å²) >= 11 is 0. The molecule has 0 heterocycles. The van der Waals surface area contributed by atoms with Crippen LogP contribution in [0.5, 0.6) is 0 Å². The number of carboxylic acid groups (broad SMARTS) is 2. The van der Waals surface area contributed by atoms with E-state index in [4.69, 9.17) is 10.2 Å². The van der Waals surface area contributed by atoms with Crippen molar-refractivity contribution in [3.63, 3.8) is 0 Å². The third kappa shape index (κ3) is 9.56. The zero-order chi connectivity index (χ0) is 12.6. The van der Waals surface area contributed by atoms with Crippen LogP contribution in [-0.2, 0) is 9.59 Å². The van der Waals surface area contributed by atoms with Crippen molar-refractivity contribution < 1.29 is 54.0 Å². The number of carboxylic acids is 2. The fraction of sp³-hybridized carbons (Fsp3) is 0.100. The largest absolute Gasteiger partial charge is 1.00 e. The minimum Gasteiger partial charge on any atom is -0.545 e. The molecule has 0 unspecified atom stereocenters. The first-order chi connectivity index (χ1) is 7.49. The molecule has 0 aliphatic rings. The van der Waals surface area contributed by atoms with Gasteiger partial charge in [-0.05, 0) is 5.56 Å². The Kier molecular flexibility index (Phi) is 14.2. The third-order valence-corrected chi connectivity index (χ3v) is 1.39. The predicted octanol–water partition coefficient (Wildman–Crippen LogP) is -5.14. The quantitative estimate of drug-likeness (QED) is 0.405. The summed E-state index contributed by atoms with van der Waals surface area (Å²) in [5.41, 5.74) is 0.220. The molecule has 1 aromatic carbocycles. The van der Waals surface area contributed by atoms with Crippen molar-refractivity contribution in [1.82, 2.24) is 0 Å². The Morgan fingerprint density at radius 3 is 1.72 bits per heavy atom. The molecule has 0 saturated heterocycles. The molecule has 4 N–H and O–H groups in total. The first kappa shape index (κ1) is 21.6. The van der Waals surface area contributed by atoms with Gasteiger partial charge in [0.1, 0.15) is 6.61 Å². The van der Waals surface area contributed by atoms with E-state index >= 15 is 0 Å². The van der Waals surface area contributed by atoms with Crippen LogP contribution in [0.25, 0.3) is 0 Å². The Hall–Kier alpha value is -1.65. The van der Waals surface area contributed by atoms with Crippen LogP contribution in [0, 0.1) is 0 Å². The SMILES string of the molecule is O.O=C(O)C(=O)CO.O=C([O-])c1ccccc1.[Li+]. The molecule has 0 saturated carbocycles. The van der Waals surface area contributed by atoms with E-state index in [1.165, 1.54) is 12.1 Å². The van der Waals surface area contributed by atoms with Gasteiger partial charge in [-0.25, -0.2) is 4.79 Å². The Morgan fingerprint density at radius 2 is 1.56 bits per heavy atom. The van der Waals surface area contributed by atoms with Crippen LogP contribution < -0.4 is 24.0 Å². The molecule has 0 fully saturated rings. The molecule has 1 aromatic rings. The van der Waals surface area contributed by atoms with Gasteiger partial charge in [-0.1, -0.05) is 30.3 Å². The number of hydrogen-bond donors (Lipinski definition) is 2. The van der Waals surface area contributed by atoms with E-state index in [0.717, 1.165) is 0 Å². The molecular weight excluding hydrogens is 239 g/mol. The second-order valence-electron chi connectivity index (χ2n) is 2.54. The summed E-state index contributed by atoms with van der Waals surface area (Å²) < 4.78 is 0. The van der Waals surface area contributed by atoms with Gasteiger partial charge in [0.2, 0.25) is 0 Å². The van der Waals surface area contributed by atoms with Crippen LogP contribution in [-0.4, -0.2) is 40.0 Å². The van der Waals surface area contributed by atoms with Crippen LogP contribution in [0.4, 0.5) is 0 Å². The van der Waals surface area contributed by atoms with E-state index in [9.17, 15) is 19.5 Å². The van der Waals surface area contributed by atoms with Gasteiger partial charge in [-0.15, -0.1) is 0 Å². The summed E-state index contributed by atoms with van der Waals surface area (Å²) in [7, 11) is 0. The van der Waals surface area contributed by atoms with Gasteiger partial charge < -0.3 is 25.6 Å². The molecule has 0 aromatic heterocycles. The summed E-state index contributed by atoms with van der Waals surface area (Å²) in [6, 6.07) is 8.06. The van der Waals surface area contributed by atoms with Gasteiger partial charge in [0.15, 0.2) is 0 Å². The molecule has 0 spiro atoms. The van der Waals surface area contributed by atoms with Crippen molar-refractivity contribution in [2.75, 3.05) is 6.61 Å². The fourth-order valence-electron chi connectivity index (χ4n) is 0.642. The normalized spacial score (nSPS) is 7.61. The zero-order valence-electron chi connectivity index (χ0n) is 9.62. The fourth-order valence-corrected chi connectivity index (χ4v) is 0.642. The van der Waals surface area contributed by atoms with Gasteiger partial charge in [-0.3, -0.25) is 4.79 Å². The van der Waals surface area contributed by atoms with Crippen molar-refractivity contribution in [1.29, 1.82) is 0 Å². The molecule has 0 aliphatic carbocycles. The van der Waals surface area contributed by atoms with Crippen LogP contribution in [0.2, 0.25) is 0 Å². The minimum absolute atomic E-state index is 0. The maximum Gasteiger partial charge on any atom is 1.00 e. The number of rotatable bonds is 3. The average molecular weight is 250 g/mol. The van der Waals surface area contributed by atoms with Gasteiger partial charge >= 0.3 is 24.8 Å². The number of ketones is 1. The summed E-state index contributed by atoms with van der Waals surface area (Å²) in [6.45, 7) is -0.921. The molecule has 0 bridgehead atoms. The standard InChI is InChI=1S/C7H6O2.C3H4O4.Li.H2O/c8-7(9)6-4-2-1-3-5-6;4-1-2(5)3(6)7;;/h1-5H,(H,8,9);4H,1H2,(H,6,7);;1H2/q;;+1;/p-1. The van der Waals surface area contributed by atoms with E-state index < -0.39 is 24.3 Å². The monoisotopic (exact) mass is 250 g/mol. The number of benzene rings is 1. The van der Waals surface area contributed by atoms with Gasteiger partial charge in [0, 0.05) is 0 Å². The first-order valence-corrected chi connectivity index (χ1v) is 4.12. The summed E-state index contributed by atoms with van der Waals surface area (Å²) in [5.74, 6) is -3.90. The summed E-state index contributed by atoms with van der Waals surface area (Å²) in [4.78, 5) is 29.2. The number of aliphatic hydroxyl groups excluding tert-OH is 1. The molecule has 0 atom stereocenters. The first-order valence-electron chi connectivity index (χ1n) is 4.12. The number of Topliss-reactive ketones (excluding diaryl/α,β-unsaturated/α-hetero) is 1. The van der Waals surface area contributed by atoms with Crippen LogP contribution in [0.3, 0.4) is 0 Å². The number of carbonyl (C=O) groups is 3. The van der Waals surface area contributed by atoms with Crippen molar-refractivity contribution in [2.24, 2.45) is 0 Å². The topological polar surface area (TPSA) is 146 Å². The second kappa shape index (κ2) is 11.8. The number of aliphatic hydroxyl groups is 1. The van der Waals surface area contributed by atoms with E-state index in [1.807, 2.05) is 0 Å². The van der Waals surface area contributed by atoms with Gasteiger partial charge in [-0.2, -0.15) is 0 Å². The maximum atomic E-state index is 10.1. The number of carbonyl (C=O) groups excluding carboxylic acids is 2. The molecule has 94 valence electrons. The van der Waals surface area contributed by atoms with Gasteiger partial charge in [0.05, 0.1) is 5.97 Å². The molecule has 18 heavy (non-hydrogen) atoms. The van der Waals surface area contributed by atoms with Crippen molar-refractivity contribution in [3.05, 3.63) is 35.9 Å². The molecule has 8 heteroatoms. The minimum atomic E-state index is -1.59. The molecule has 0 amide bonds. The molecule has 0 aliphatic heterocycles. The molecule has 0 radical (unpaired) electrons. The maximum absolute atomic E-state index is 10.1. The zero-order valence-corrected chi connectivity index (χ0v) is 9.62. The third-order valence-electron chi connectivity index (χ3n) is 1.39. The van der Waals surface area contributed by atoms with Crippen LogP contribution in [0.15, 0.2) is 30.3 Å². The summed E-state index contributed by atoms with van der Waals surface area (Å²) in [5, 5.41) is 25.5. The van der Waals surface area contributed by atoms with E-state index in [1.54, 1.807) is 18.2 Å². The molecule has 1 rings (SSSR count). The number of hydrogen-bond acceptors (Lipinski definition) is 5. The smallest absolute Gasteiger partial charge is 0.545 e. The Labute approximate surface area is 115 Å². The second-order valence-corrected chi connectivity index (χ2v) is 2.54. The number of aromatic carboxylic acids is 1. The predicted molar refractivity (Wildman–Crippen MR) is 54.1 cm³/mol. The summed E-state index contributed by atoms with van der Waals surface area (Å²) in [6.07, 6.45) is 0.